The van der Waals surface area contributed by atoms with E-state index in [4.69, 9.17) is 9.15 Å². The van der Waals surface area contributed by atoms with Gasteiger partial charge >= 0.3 is 0 Å². The fraction of sp³-hybridized carbons (Fsp3) is 0.103. The fourth-order valence-electron chi connectivity index (χ4n) is 4.45. The number of furan rings is 1. The number of fused-ring (bicyclic) bond motifs is 1. The van der Waals surface area contributed by atoms with Crippen LogP contribution in [0.25, 0.3) is 11.0 Å². The number of hydrogen-bond donors (Lipinski definition) is 1. The van der Waals surface area contributed by atoms with Crippen LogP contribution in [-0.2, 0) is 10.5 Å². The molecule has 0 unspecified atom stereocenters. The number of carbonyl (C=O) groups excluding carboxylic acids is 2. The Labute approximate surface area is 235 Å². The van der Waals surface area contributed by atoms with Gasteiger partial charge in [-0.25, -0.2) is 4.39 Å². The molecule has 11 heteroatoms. The molecule has 1 aliphatic rings. The van der Waals surface area contributed by atoms with E-state index in [1.165, 1.54) is 35.9 Å². The number of benzene rings is 3. The summed E-state index contributed by atoms with van der Waals surface area (Å²) in [6, 6.07) is 20.8. The number of nitrogens with zero attached hydrogens (tertiary/aromatic N) is 3. The van der Waals surface area contributed by atoms with E-state index < -0.39 is 23.5 Å². The number of amides is 1. The van der Waals surface area contributed by atoms with Crippen molar-refractivity contribution in [1.29, 1.82) is 0 Å². The van der Waals surface area contributed by atoms with E-state index in [2.05, 4.69) is 10.2 Å². The van der Waals surface area contributed by atoms with Crippen molar-refractivity contribution in [1.82, 2.24) is 10.2 Å². The highest BCUT2D eigenvalue weighted by Gasteiger charge is 2.46. The second kappa shape index (κ2) is 10.6. The summed E-state index contributed by atoms with van der Waals surface area (Å²) in [5, 5.41) is 20.4. The van der Waals surface area contributed by atoms with Crippen molar-refractivity contribution < 1.29 is 28.2 Å². The van der Waals surface area contributed by atoms with Gasteiger partial charge < -0.3 is 14.3 Å². The molecule has 1 amide bonds. The first-order chi connectivity index (χ1) is 19.4. The van der Waals surface area contributed by atoms with Crippen molar-refractivity contribution in [3.8, 4) is 5.75 Å². The van der Waals surface area contributed by atoms with E-state index >= 15 is 0 Å². The number of hydrogen-bond acceptors (Lipinski definition) is 9. The number of anilines is 1. The van der Waals surface area contributed by atoms with Crippen LogP contribution in [0, 0.1) is 5.82 Å². The predicted molar refractivity (Wildman–Crippen MR) is 149 cm³/mol. The van der Waals surface area contributed by atoms with Crippen LogP contribution in [0.5, 0.6) is 5.75 Å². The molecule has 0 saturated carbocycles. The number of aliphatic hydroxyl groups excluding tert-OH is 1. The fourth-order valence-corrected chi connectivity index (χ4v) is 6.27. The molecule has 1 aliphatic heterocycles. The van der Waals surface area contributed by atoms with E-state index in [0.29, 0.717) is 27.0 Å². The van der Waals surface area contributed by atoms with Crippen molar-refractivity contribution in [2.24, 2.45) is 0 Å². The van der Waals surface area contributed by atoms with Gasteiger partial charge in [-0.05, 0) is 47.5 Å². The normalized spacial score (nSPS) is 15.3. The topological polar surface area (TPSA) is 106 Å². The number of thioether (sulfide) groups is 1. The van der Waals surface area contributed by atoms with E-state index in [1.807, 2.05) is 12.1 Å². The molecule has 1 N–H and O–H groups in total. The van der Waals surface area contributed by atoms with E-state index in [1.54, 1.807) is 54.6 Å². The average Bonchev–Trinajstić information content (AvgIpc) is 3.69. The Morgan fingerprint density at radius 1 is 1.10 bits per heavy atom. The van der Waals surface area contributed by atoms with Crippen molar-refractivity contribution >= 4 is 50.9 Å². The largest absolute Gasteiger partial charge is 0.503 e. The number of aromatic nitrogens is 2. The lowest BCUT2D eigenvalue weighted by Gasteiger charge is -2.24. The highest BCUT2D eigenvalue weighted by atomic mass is 32.2. The molecule has 2 aromatic heterocycles. The second-order valence-electron chi connectivity index (χ2n) is 8.86. The molecule has 5 aromatic rings. The third kappa shape index (κ3) is 4.74. The zero-order valence-electron chi connectivity index (χ0n) is 20.9. The Morgan fingerprint density at radius 2 is 1.85 bits per heavy atom. The van der Waals surface area contributed by atoms with Crippen molar-refractivity contribution in [2.75, 3.05) is 12.0 Å². The van der Waals surface area contributed by atoms with E-state index in [0.717, 1.165) is 22.3 Å². The molecule has 0 bridgehead atoms. The van der Waals surface area contributed by atoms with E-state index in [-0.39, 0.29) is 22.3 Å². The van der Waals surface area contributed by atoms with Gasteiger partial charge in [0.05, 0.1) is 18.7 Å². The number of halogens is 1. The first-order valence-electron chi connectivity index (χ1n) is 12.1. The van der Waals surface area contributed by atoms with Gasteiger partial charge in [-0.15, -0.1) is 10.2 Å². The number of Topliss-reactive ketones (excluding diaryl/α,β-unsaturated/α-hetero) is 1. The summed E-state index contributed by atoms with van der Waals surface area (Å²) in [7, 11) is 1.54. The van der Waals surface area contributed by atoms with Gasteiger partial charge in [-0.3, -0.25) is 14.5 Å². The maximum atomic E-state index is 13.8. The van der Waals surface area contributed by atoms with Crippen LogP contribution in [0.2, 0.25) is 0 Å². The minimum atomic E-state index is -0.984. The second-order valence-corrected chi connectivity index (χ2v) is 11.0. The van der Waals surface area contributed by atoms with Crippen LogP contribution < -0.4 is 9.64 Å². The van der Waals surface area contributed by atoms with Gasteiger partial charge in [0, 0.05) is 11.1 Å². The number of methoxy groups -OCH3 is 1. The van der Waals surface area contributed by atoms with Crippen molar-refractivity contribution in [2.45, 2.75) is 16.1 Å². The summed E-state index contributed by atoms with van der Waals surface area (Å²) in [5.41, 5.74) is 1.85. The smallest absolute Gasteiger partial charge is 0.296 e. The molecule has 3 heterocycles. The Balaban J connectivity index is 1.36. The minimum absolute atomic E-state index is 0.00344. The molecule has 8 nitrogen and oxygen atoms in total. The summed E-state index contributed by atoms with van der Waals surface area (Å²) < 4.78 is 24.8. The minimum Gasteiger partial charge on any atom is -0.503 e. The van der Waals surface area contributed by atoms with Gasteiger partial charge in [0.2, 0.25) is 10.9 Å². The predicted octanol–water partition coefficient (Wildman–Crippen LogP) is 6.51. The van der Waals surface area contributed by atoms with E-state index in [9.17, 15) is 19.1 Å². The van der Waals surface area contributed by atoms with Gasteiger partial charge in [0.1, 0.15) is 17.1 Å². The molecule has 6 rings (SSSR count). The Hall–Kier alpha value is -4.48. The number of rotatable bonds is 8. The van der Waals surface area contributed by atoms with Gasteiger partial charge in [-0.1, -0.05) is 65.6 Å². The summed E-state index contributed by atoms with van der Waals surface area (Å²) in [4.78, 5) is 28.5. The van der Waals surface area contributed by atoms with Crippen LogP contribution in [0.1, 0.15) is 27.7 Å². The number of ketones is 1. The summed E-state index contributed by atoms with van der Waals surface area (Å²) >= 11 is 2.53. The molecule has 0 fully saturated rings. The number of para-hydroxylation sites is 1. The summed E-state index contributed by atoms with van der Waals surface area (Å²) in [6.07, 6.45) is 0. The van der Waals surface area contributed by atoms with Crippen molar-refractivity contribution in [3.63, 3.8) is 0 Å². The van der Waals surface area contributed by atoms with Crippen LogP contribution in [0.3, 0.4) is 0 Å². The molecular weight excluding hydrogens is 553 g/mol. The Morgan fingerprint density at radius 3 is 2.58 bits per heavy atom. The zero-order valence-corrected chi connectivity index (χ0v) is 22.5. The monoisotopic (exact) mass is 573 g/mol. The SMILES string of the molecule is COc1ccc([C@@H]2C(C(=O)c3cc4ccccc4o3)=C(O)C(=O)N2c2nnc(SCc3ccc(F)cc3)s2)cc1. The molecule has 3 aromatic carbocycles. The Kier molecular flexibility index (Phi) is 6.82. The number of carbonyl (C=O) groups is 2. The molecule has 200 valence electrons. The first-order valence-corrected chi connectivity index (χ1v) is 13.9. The lowest BCUT2D eigenvalue weighted by Crippen LogP contribution is -2.31. The quantitative estimate of drug-likeness (QED) is 0.127. The standard InChI is InChI=1S/C29H20FN3O5S2/c1-37-20-12-8-17(9-13-20)24-23(25(34)22-14-18-4-2-3-5-21(18)38-22)26(35)27(36)33(24)28-31-32-29(40-28)39-15-16-6-10-19(30)11-7-16/h2-14,24,35H,15H2,1H3/t24-/m1/s1. The first kappa shape index (κ1) is 25.8. The van der Waals surface area contributed by atoms with Crippen LogP contribution in [0.15, 0.2) is 99.0 Å². The lowest BCUT2D eigenvalue weighted by molar-refractivity contribution is -0.117. The van der Waals surface area contributed by atoms with Crippen LogP contribution in [-0.4, -0.2) is 34.1 Å². The molecule has 1 atom stereocenters. The highest BCUT2D eigenvalue weighted by Crippen LogP contribution is 2.44. The number of ether oxygens (including phenoxy) is 1. The van der Waals surface area contributed by atoms with Crippen LogP contribution in [0.4, 0.5) is 9.52 Å². The molecule has 0 spiro atoms. The highest BCUT2D eigenvalue weighted by molar-refractivity contribution is 8.00. The third-order valence-corrected chi connectivity index (χ3v) is 8.54. The molecule has 0 aliphatic carbocycles. The lowest BCUT2D eigenvalue weighted by atomic mass is 9.95. The molecule has 40 heavy (non-hydrogen) atoms. The summed E-state index contributed by atoms with van der Waals surface area (Å²) in [5.74, 6) is -1.26. The molecule has 0 saturated heterocycles. The molecule has 0 radical (unpaired) electrons. The van der Waals surface area contributed by atoms with Gasteiger partial charge in [0.15, 0.2) is 15.9 Å². The maximum absolute atomic E-state index is 13.8. The maximum Gasteiger partial charge on any atom is 0.296 e. The van der Waals surface area contributed by atoms with Gasteiger partial charge in [0.25, 0.3) is 5.91 Å². The van der Waals surface area contributed by atoms with Crippen molar-refractivity contribution in [3.05, 3.63) is 113 Å². The third-order valence-electron chi connectivity index (χ3n) is 6.41. The van der Waals surface area contributed by atoms with Crippen LogP contribution >= 0.6 is 23.1 Å². The average molecular weight is 574 g/mol. The zero-order chi connectivity index (χ0) is 27.8. The van der Waals surface area contributed by atoms with Gasteiger partial charge in [-0.2, -0.15) is 0 Å². The number of aliphatic hydroxyl groups is 1. The summed E-state index contributed by atoms with van der Waals surface area (Å²) in [6.45, 7) is 0. The molecular formula is C29H20FN3O5S2. The Bertz CT molecular complexity index is 1730.